The van der Waals surface area contributed by atoms with Crippen molar-refractivity contribution >= 4 is 23.0 Å². The molecule has 0 fully saturated rings. The van der Waals surface area contributed by atoms with Crippen molar-refractivity contribution in [2.24, 2.45) is 0 Å². The van der Waals surface area contributed by atoms with Gasteiger partial charge in [-0.3, -0.25) is 10.1 Å². The van der Waals surface area contributed by atoms with E-state index in [9.17, 15) is 15.2 Å². The predicted octanol–water partition coefficient (Wildman–Crippen LogP) is 3.32. The number of aliphatic hydroxyl groups is 1. The number of anilines is 1. The summed E-state index contributed by atoms with van der Waals surface area (Å²) in [6.07, 6.45) is -0.806. The summed E-state index contributed by atoms with van der Waals surface area (Å²) in [5.41, 5.74) is 2.03. The van der Waals surface area contributed by atoms with Crippen LogP contribution in [0.15, 0.2) is 30.3 Å². The van der Waals surface area contributed by atoms with Gasteiger partial charge in [0.15, 0.2) is 0 Å². The van der Waals surface area contributed by atoms with E-state index in [4.69, 9.17) is 21.1 Å². The summed E-state index contributed by atoms with van der Waals surface area (Å²) < 4.78 is 10.8. The number of hydrogen-bond acceptors (Lipinski definition) is 6. The van der Waals surface area contributed by atoms with Crippen LogP contribution in [0.3, 0.4) is 0 Å². The van der Waals surface area contributed by atoms with Gasteiger partial charge in [-0.05, 0) is 18.2 Å². The van der Waals surface area contributed by atoms with Crippen LogP contribution in [0.1, 0.15) is 17.2 Å². The van der Waals surface area contributed by atoms with Crippen molar-refractivity contribution in [2.75, 3.05) is 25.7 Å². The lowest BCUT2D eigenvalue weighted by Gasteiger charge is -2.35. The number of β-amino-alcohol motifs (C(OH)–C–C–N with tert-alkyl or cyclic N) is 1. The van der Waals surface area contributed by atoms with Crippen molar-refractivity contribution in [1.29, 1.82) is 0 Å². The van der Waals surface area contributed by atoms with Crippen LogP contribution in [0.4, 0.5) is 11.4 Å². The van der Waals surface area contributed by atoms with Crippen molar-refractivity contribution in [3.63, 3.8) is 0 Å². The first-order valence-corrected chi connectivity index (χ1v) is 7.94. The molecule has 132 valence electrons. The number of rotatable bonds is 4. The third-order valence-electron chi connectivity index (χ3n) is 4.27. The molecule has 1 unspecified atom stereocenters. The number of non-ortho nitro benzene ring substituents is 1. The van der Waals surface area contributed by atoms with E-state index < -0.39 is 11.0 Å². The molecular weight excluding hydrogens is 348 g/mol. The highest BCUT2D eigenvalue weighted by molar-refractivity contribution is 6.33. The van der Waals surface area contributed by atoms with Crippen LogP contribution in [-0.4, -0.2) is 30.8 Å². The zero-order valence-corrected chi connectivity index (χ0v) is 14.5. The lowest BCUT2D eigenvalue weighted by Crippen LogP contribution is -2.34. The summed E-state index contributed by atoms with van der Waals surface area (Å²) in [5.74, 6) is 1.23. The number of fused-ring (bicyclic) bond motifs is 1. The number of methoxy groups -OCH3 is 2. The van der Waals surface area contributed by atoms with Gasteiger partial charge in [-0.1, -0.05) is 11.6 Å². The van der Waals surface area contributed by atoms with Crippen LogP contribution in [0, 0.1) is 10.1 Å². The molecule has 0 amide bonds. The van der Waals surface area contributed by atoms with E-state index >= 15 is 0 Å². The Labute approximate surface area is 149 Å². The van der Waals surface area contributed by atoms with Crippen LogP contribution in [-0.2, 0) is 6.54 Å². The first-order chi connectivity index (χ1) is 12.0. The molecule has 0 aliphatic carbocycles. The second kappa shape index (κ2) is 6.78. The minimum absolute atomic E-state index is 0.0778. The minimum Gasteiger partial charge on any atom is -0.496 e. The Morgan fingerprint density at radius 2 is 1.92 bits per heavy atom. The molecule has 3 rings (SSSR count). The summed E-state index contributed by atoms with van der Waals surface area (Å²) in [6, 6.07) is 7.83. The Balaban J connectivity index is 2.03. The molecule has 1 aliphatic heterocycles. The number of hydrogen-bond donors (Lipinski definition) is 1. The van der Waals surface area contributed by atoms with Gasteiger partial charge in [0.05, 0.1) is 29.9 Å². The molecule has 7 nitrogen and oxygen atoms in total. The molecule has 1 aliphatic rings. The normalized spacial score (nSPS) is 16.3. The van der Waals surface area contributed by atoms with Gasteiger partial charge in [-0.15, -0.1) is 0 Å². The van der Waals surface area contributed by atoms with Crippen LogP contribution < -0.4 is 14.4 Å². The second-order valence-corrected chi connectivity index (χ2v) is 6.06. The van der Waals surface area contributed by atoms with Gasteiger partial charge < -0.3 is 19.5 Å². The van der Waals surface area contributed by atoms with Gasteiger partial charge >= 0.3 is 0 Å². The molecule has 1 N–H and O–H groups in total. The predicted molar refractivity (Wildman–Crippen MR) is 93.7 cm³/mol. The first kappa shape index (κ1) is 17.3. The first-order valence-electron chi connectivity index (χ1n) is 7.57. The number of aliphatic hydroxyl groups excluding tert-OH is 1. The van der Waals surface area contributed by atoms with Crippen LogP contribution >= 0.6 is 11.6 Å². The molecule has 0 aromatic heterocycles. The lowest BCUT2D eigenvalue weighted by molar-refractivity contribution is -0.384. The number of benzene rings is 2. The highest BCUT2D eigenvalue weighted by Crippen LogP contribution is 2.42. The molecule has 0 spiro atoms. The summed E-state index contributed by atoms with van der Waals surface area (Å²) in [7, 11) is 3.11. The standard InChI is InChI=1S/C17H17ClN2O5/c1-24-15-5-6-16(25-2)17-11(15)8-19(9-14(17)21)13-4-3-10(20(22)23)7-12(13)18/h3-7,14,21H,8-9H2,1-2H3. The third-order valence-corrected chi connectivity index (χ3v) is 4.57. The maximum atomic E-state index is 10.9. The molecule has 2 aromatic carbocycles. The summed E-state index contributed by atoms with van der Waals surface area (Å²) >= 11 is 6.23. The van der Waals surface area contributed by atoms with Gasteiger partial charge in [0.1, 0.15) is 17.6 Å². The molecule has 2 aromatic rings. The molecule has 0 radical (unpaired) electrons. The maximum absolute atomic E-state index is 10.9. The van der Waals surface area contributed by atoms with E-state index in [1.165, 1.54) is 12.1 Å². The topological polar surface area (TPSA) is 85.1 Å². The highest BCUT2D eigenvalue weighted by Gasteiger charge is 2.30. The van der Waals surface area contributed by atoms with Crippen LogP contribution in [0.2, 0.25) is 5.02 Å². The average Bonchev–Trinajstić information content (AvgIpc) is 2.60. The van der Waals surface area contributed by atoms with Crippen LogP contribution in [0.5, 0.6) is 11.5 Å². The molecule has 0 bridgehead atoms. The Bertz CT molecular complexity index is 827. The van der Waals surface area contributed by atoms with Crippen molar-refractivity contribution in [3.8, 4) is 11.5 Å². The Morgan fingerprint density at radius 3 is 2.52 bits per heavy atom. The van der Waals surface area contributed by atoms with Crippen molar-refractivity contribution in [2.45, 2.75) is 12.6 Å². The van der Waals surface area contributed by atoms with Crippen molar-refractivity contribution in [1.82, 2.24) is 0 Å². The fraction of sp³-hybridized carbons (Fsp3) is 0.294. The quantitative estimate of drug-likeness (QED) is 0.661. The SMILES string of the molecule is COc1ccc(OC)c2c1CN(c1ccc([N+](=O)[O-])cc1Cl)CC2O. The fourth-order valence-corrected chi connectivity index (χ4v) is 3.42. The maximum Gasteiger partial charge on any atom is 0.271 e. The molecule has 8 heteroatoms. The number of nitro groups is 1. The minimum atomic E-state index is -0.806. The van der Waals surface area contributed by atoms with Gasteiger partial charge in [0, 0.05) is 36.3 Å². The number of halogens is 1. The van der Waals surface area contributed by atoms with Crippen LogP contribution in [0.25, 0.3) is 0 Å². The zero-order valence-electron chi connectivity index (χ0n) is 13.7. The zero-order chi connectivity index (χ0) is 18.1. The summed E-state index contributed by atoms with van der Waals surface area (Å²) in [6.45, 7) is 0.721. The van der Waals surface area contributed by atoms with Gasteiger partial charge in [0.25, 0.3) is 5.69 Å². The Kier molecular flexibility index (Phi) is 4.69. The molecule has 1 heterocycles. The Morgan fingerprint density at radius 1 is 1.24 bits per heavy atom. The van der Waals surface area contributed by atoms with E-state index in [1.807, 2.05) is 4.90 Å². The smallest absolute Gasteiger partial charge is 0.271 e. The number of nitro benzene ring substituents is 1. The average molecular weight is 365 g/mol. The molecule has 25 heavy (non-hydrogen) atoms. The highest BCUT2D eigenvalue weighted by atomic mass is 35.5. The van der Waals surface area contributed by atoms with Crippen molar-refractivity contribution < 1.29 is 19.5 Å². The third kappa shape index (κ3) is 3.08. The van der Waals surface area contributed by atoms with Gasteiger partial charge in [-0.25, -0.2) is 0 Å². The molecule has 0 saturated carbocycles. The molecular formula is C17H17ClN2O5. The summed E-state index contributed by atoms with van der Waals surface area (Å²) in [5, 5.41) is 21.8. The molecule has 0 saturated heterocycles. The van der Waals surface area contributed by atoms with Gasteiger partial charge in [-0.2, -0.15) is 0 Å². The van der Waals surface area contributed by atoms with Gasteiger partial charge in [0.2, 0.25) is 0 Å². The van der Waals surface area contributed by atoms with E-state index in [1.54, 1.807) is 32.4 Å². The van der Waals surface area contributed by atoms with E-state index in [-0.39, 0.29) is 17.3 Å². The number of nitrogens with zero attached hydrogens (tertiary/aromatic N) is 2. The monoisotopic (exact) mass is 364 g/mol. The lowest BCUT2D eigenvalue weighted by atomic mass is 9.94. The Hall–Kier alpha value is -2.51. The summed E-state index contributed by atoms with van der Waals surface area (Å²) in [4.78, 5) is 12.2. The molecule has 1 atom stereocenters. The fourth-order valence-electron chi connectivity index (χ4n) is 3.13. The van der Waals surface area contributed by atoms with E-state index in [0.29, 0.717) is 29.3 Å². The second-order valence-electron chi connectivity index (χ2n) is 5.65. The van der Waals surface area contributed by atoms with E-state index in [0.717, 1.165) is 5.56 Å². The van der Waals surface area contributed by atoms with Crippen molar-refractivity contribution in [3.05, 3.63) is 56.6 Å². The largest absolute Gasteiger partial charge is 0.496 e. The number of ether oxygens (including phenoxy) is 2. The van der Waals surface area contributed by atoms with E-state index in [2.05, 4.69) is 0 Å².